The van der Waals surface area contributed by atoms with Crippen LogP contribution in [0.5, 0.6) is 0 Å². The molecule has 2 aliphatic rings. The molecule has 1 saturated carbocycles. The van der Waals surface area contributed by atoms with Crippen molar-refractivity contribution < 1.29 is 13.6 Å². The van der Waals surface area contributed by atoms with Crippen molar-refractivity contribution in [3.05, 3.63) is 0 Å². The zero-order chi connectivity index (χ0) is 10.9. The second-order valence-corrected chi connectivity index (χ2v) is 4.48. The van der Waals surface area contributed by atoms with Crippen LogP contribution >= 0.6 is 0 Å². The van der Waals surface area contributed by atoms with E-state index in [9.17, 15) is 13.6 Å². The molecule has 1 saturated heterocycles. The van der Waals surface area contributed by atoms with Crippen LogP contribution < -0.4 is 5.43 Å². The third kappa shape index (κ3) is 2.65. The summed E-state index contributed by atoms with van der Waals surface area (Å²) in [5.41, 5.74) is 2.59. The lowest BCUT2D eigenvalue weighted by Gasteiger charge is -2.19. The Morgan fingerprint density at radius 2 is 2.00 bits per heavy atom. The summed E-state index contributed by atoms with van der Waals surface area (Å²) in [6.07, 6.45) is 3.80. The van der Waals surface area contributed by atoms with Crippen LogP contribution in [0.2, 0.25) is 0 Å². The van der Waals surface area contributed by atoms with Gasteiger partial charge in [0.2, 0.25) is 5.91 Å². The number of halogens is 2. The van der Waals surface area contributed by atoms with E-state index in [4.69, 9.17) is 0 Å². The summed E-state index contributed by atoms with van der Waals surface area (Å²) >= 11 is 0. The standard InChI is InChI=1S/C10H16F2N2O/c11-10(12)5-6-14(7-10)13-9(15)8-3-1-2-4-8/h8H,1-7H2,(H,13,15). The molecule has 1 aliphatic carbocycles. The number of alkyl halides is 2. The van der Waals surface area contributed by atoms with E-state index in [0.29, 0.717) is 0 Å². The number of amides is 1. The SMILES string of the molecule is O=C(NN1CCC(F)(F)C1)C1CCCC1. The van der Waals surface area contributed by atoms with E-state index < -0.39 is 5.92 Å². The second-order valence-electron chi connectivity index (χ2n) is 4.48. The summed E-state index contributed by atoms with van der Waals surface area (Å²) in [4.78, 5) is 11.6. The van der Waals surface area contributed by atoms with E-state index in [0.717, 1.165) is 25.7 Å². The minimum Gasteiger partial charge on any atom is -0.288 e. The number of carbonyl (C=O) groups is 1. The fraction of sp³-hybridized carbons (Fsp3) is 0.900. The zero-order valence-electron chi connectivity index (χ0n) is 8.64. The molecule has 0 aromatic rings. The summed E-state index contributed by atoms with van der Waals surface area (Å²) in [6, 6.07) is 0. The van der Waals surface area contributed by atoms with Gasteiger partial charge in [-0.2, -0.15) is 0 Å². The monoisotopic (exact) mass is 218 g/mol. The highest BCUT2D eigenvalue weighted by molar-refractivity contribution is 5.78. The minimum absolute atomic E-state index is 0.0409. The quantitative estimate of drug-likeness (QED) is 0.762. The Bertz CT molecular complexity index is 252. The number of carbonyl (C=O) groups excluding carboxylic acids is 1. The molecule has 86 valence electrons. The Morgan fingerprint density at radius 3 is 2.53 bits per heavy atom. The van der Waals surface area contributed by atoms with Crippen molar-refractivity contribution in [2.24, 2.45) is 5.92 Å². The van der Waals surface area contributed by atoms with Crippen LogP contribution in [0.4, 0.5) is 8.78 Å². The van der Waals surface area contributed by atoms with Gasteiger partial charge in [0.1, 0.15) is 0 Å². The van der Waals surface area contributed by atoms with Gasteiger partial charge in [0.05, 0.1) is 6.54 Å². The van der Waals surface area contributed by atoms with Crippen LogP contribution in [-0.4, -0.2) is 29.9 Å². The third-order valence-corrected chi connectivity index (χ3v) is 3.16. The number of nitrogens with one attached hydrogen (secondary N) is 1. The molecule has 0 atom stereocenters. The summed E-state index contributed by atoms with van der Waals surface area (Å²) in [7, 11) is 0. The van der Waals surface area contributed by atoms with Crippen LogP contribution in [-0.2, 0) is 4.79 Å². The molecule has 0 unspecified atom stereocenters. The molecule has 15 heavy (non-hydrogen) atoms. The average molecular weight is 218 g/mol. The first-order valence-corrected chi connectivity index (χ1v) is 5.50. The average Bonchev–Trinajstić information content (AvgIpc) is 2.74. The van der Waals surface area contributed by atoms with Crippen molar-refractivity contribution in [3.8, 4) is 0 Å². The van der Waals surface area contributed by atoms with E-state index in [2.05, 4.69) is 5.43 Å². The second kappa shape index (κ2) is 4.04. The van der Waals surface area contributed by atoms with Gasteiger partial charge >= 0.3 is 0 Å². The molecule has 1 heterocycles. The number of nitrogens with zero attached hydrogens (tertiary/aromatic N) is 1. The maximum Gasteiger partial charge on any atom is 0.263 e. The number of hydrazine groups is 1. The van der Waals surface area contributed by atoms with Gasteiger partial charge in [-0.1, -0.05) is 12.8 Å². The molecule has 1 amide bonds. The molecule has 0 spiro atoms. The first-order chi connectivity index (χ1) is 7.07. The van der Waals surface area contributed by atoms with E-state index in [1.54, 1.807) is 0 Å². The summed E-state index contributed by atoms with van der Waals surface area (Å²) in [6.45, 7) is -0.0864. The Hall–Kier alpha value is -0.710. The van der Waals surface area contributed by atoms with E-state index in [1.165, 1.54) is 5.01 Å². The van der Waals surface area contributed by atoms with Crippen molar-refractivity contribution in [2.45, 2.75) is 38.0 Å². The fourth-order valence-electron chi connectivity index (χ4n) is 2.27. The molecule has 2 fully saturated rings. The van der Waals surface area contributed by atoms with Gasteiger partial charge in [-0.15, -0.1) is 0 Å². The zero-order valence-corrected chi connectivity index (χ0v) is 8.64. The molecule has 1 N–H and O–H groups in total. The number of hydrogen-bond acceptors (Lipinski definition) is 2. The Kier molecular flexibility index (Phi) is 2.91. The lowest BCUT2D eigenvalue weighted by molar-refractivity contribution is -0.129. The van der Waals surface area contributed by atoms with Crippen molar-refractivity contribution in [1.29, 1.82) is 0 Å². The van der Waals surface area contributed by atoms with Gasteiger partial charge in [0, 0.05) is 18.9 Å². The van der Waals surface area contributed by atoms with Gasteiger partial charge in [-0.3, -0.25) is 10.2 Å². The molecule has 5 heteroatoms. The first kappa shape index (κ1) is 10.8. The number of hydrogen-bond donors (Lipinski definition) is 1. The molecule has 1 aliphatic heterocycles. The van der Waals surface area contributed by atoms with Crippen LogP contribution in [0.15, 0.2) is 0 Å². The van der Waals surface area contributed by atoms with Gasteiger partial charge in [-0.25, -0.2) is 13.8 Å². The molecular weight excluding hydrogens is 202 g/mol. The lowest BCUT2D eigenvalue weighted by atomic mass is 10.1. The molecule has 0 radical (unpaired) electrons. The van der Waals surface area contributed by atoms with E-state index in [-0.39, 0.29) is 31.3 Å². The van der Waals surface area contributed by atoms with Crippen LogP contribution in [0, 0.1) is 5.92 Å². The molecule has 0 aromatic heterocycles. The van der Waals surface area contributed by atoms with Gasteiger partial charge in [-0.05, 0) is 12.8 Å². The smallest absolute Gasteiger partial charge is 0.263 e. The van der Waals surface area contributed by atoms with Crippen molar-refractivity contribution in [1.82, 2.24) is 10.4 Å². The molecule has 3 nitrogen and oxygen atoms in total. The molecule has 0 bridgehead atoms. The van der Waals surface area contributed by atoms with Gasteiger partial charge in [0.25, 0.3) is 5.92 Å². The summed E-state index contributed by atoms with van der Waals surface area (Å²) in [5.74, 6) is -2.67. The van der Waals surface area contributed by atoms with Gasteiger partial charge in [0.15, 0.2) is 0 Å². The molecule has 2 rings (SSSR count). The summed E-state index contributed by atoms with van der Waals surface area (Å²) < 4.78 is 25.7. The lowest BCUT2D eigenvalue weighted by Crippen LogP contribution is -2.44. The number of rotatable bonds is 2. The molecular formula is C10H16F2N2O. The van der Waals surface area contributed by atoms with E-state index in [1.807, 2.05) is 0 Å². The first-order valence-electron chi connectivity index (χ1n) is 5.50. The third-order valence-electron chi connectivity index (χ3n) is 3.16. The summed E-state index contributed by atoms with van der Waals surface area (Å²) in [5, 5.41) is 1.35. The predicted octanol–water partition coefficient (Wildman–Crippen LogP) is 1.55. The van der Waals surface area contributed by atoms with Gasteiger partial charge < -0.3 is 0 Å². The van der Waals surface area contributed by atoms with Crippen LogP contribution in [0.25, 0.3) is 0 Å². The van der Waals surface area contributed by atoms with Crippen LogP contribution in [0.3, 0.4) is 0 Å². The highest BCUT2D eigenvalue weighted by Gasteiger charge is 2.39. The normalized spacial score (nSPS) is 27.1. The fourth-order valence-corrected chi connectivity index (χ4v) is 2.27. The van der Waals surface area contributed by atoms with E-state index >= 15 is 0 Å². The largest absolute Gasteiger partial charge is 0.288 e. The topological polar surface area (TPSA) is 32.3 Å². The maximum absolute atomic E-state index is 12.8. The highest BCUT2D eigenvalue weighted by atomic mass is 19.3. The van der Waals surface area contributed by atoms with Crippen molar-refractivity contribution in [3.63, 3.8) is 0 Å². The Labute approximate surface area is 87.8 Å². The maximum atomic E-state index is 12.8. The predicted molar refractivity (Wildman–Crippen MR) is 51.2 cm³/mol. The van der Waals surface area contributed by atoms with Crippen LogP contribution in [0.1, 0.15) is 32.1 Å². The van der Waals surface area contributed by atoms with Crippen molar-refractivity contribution >= 4 is 5.91 Å². The van der Waals surface area contributed by atoms with Crippen molar-refractivity contribution in [2.75, 3.05) is 13.1 Å². The Morgan fingerprint density at radius 1 is 1.33 bits per heavy atom. The molecule has 0 aromatic carbocycles. The Balaban J connectivity index is 1.79. The minimum atomic E-state index is -2.64. The highest BCUT2D eigenvalue weighted by Crippen LogP contribution is 2.27.